The van der Waals surface area contributed by atoms with E-state index < -0.39 is 0 Å². The fraction of sp³-hybridized carbons (Fsp3) is 0.250. The molecule has 1 N–H and O–H groups in total. The number of benzene rings is 2. The van der Waals surface area contributed by atoms with Crippen molar-refractivity contribution in [1.82, 2.24) is 5.32 Å². The van der Waals surface area contributed by atoms with Gasteiger partial charge in [0, 0.05) is 24.4 Å². The fourth-order valence-electron chi connectivity index (χ4n) is 3.52. The molecule has 3 nitrogen and oxygen atoms in total. The van der Waals surface area contributed by atoms with Crippen LogP contribution in [-0.2, 0) is 11.2 Å². The van der Waals surface area contributed by atoms with Crippen molar-refractivity contribution in [2.24, 2.45) is 0 Å². The average molecular weight is 305 g/mol. The second-order valence-electron chi connectivity index (χ2n) is 6.21. The van der Waals surface area contributed by atoms with E-state index in [1.54, 1.807) is 7.11 Å². The van der Waals surface area contributed by atoms with Gasteiger partial charge in [0.25, 0.3) is 0 Å². The molecule has 0 bridgehead atoms. The van der Waals surface area contributed by atoms with E-state index in [0.717, 1.165) is 24.3 Å². The Labute approximate surface area is 136 Å². The summed E-state index contributed by atoms with van der Waals surface area (Å²) in [4.78, 5) is 11.5. The number of amides is 1. The first kappa shape index (κ1) is 14.1. The second kappa shape index (κ2) is 5.58. The number of ether oxygens (including phenoxy) is 1. The molecule has 1 aliphatic heterocycles. The number of carbonyl (C=O) groups is 1. The van der Waals surface area contributed by atoms with E-state index in [-0.39, 0.29) is 11.8 Å². The first-order valence-corrected chi connectivity index (χ1v) is 7.98. The van der Waals surface area contributed by atoms with Crippen LogP contribution in [0.4, 0.5) is 0 Å². The van der Waals surface area contributed by atoms with Gasteiger partial charge in [0.2, 0.25) is 5.91 Å². The van der Waals surface area contributed by atoms with Gasteiger partial charge in [-0.25, -0.2) is 0 Å². The third kappa shape index (κ3) is 2.52. The lowest BCUT2D eigenvalue weighted by Gasteiger charge is -2.14. The molecule has 0 spiro atoms. The smallest absolute Gasteiger partial charge is 0.220 e. The topological polar surface area (TPSA) is 38.3 Å². The van der Waals surface area contributed by atoms with Gasteiger partial charge in [0.15, 0.2) is 0 Å². The molecular weight excluding hydrogens is 286 g/mol. The van der Waals surface area contributed by atoms with Crippen LogP contribution < -0.4 is 10.1 Å². The Bertz CT molecular complexity index is 807. The molecule has 0 radical (unpaired) electrons. The number of nitrogens with one attached hydrogen (secondary N) is 1. The van der Waals surface area contributed by atoms with Crippen molar-refractivity contribution >= 4 is 17.6 Å². The van der Waals surface area contributed by atoms with Gasteiger partial charge in [0.1, 0.15) is 5.75 Å². The molecule has 1 atom stereocenters. The number of rotatable bonds is 3. The Morgan fingerprint density at radius 1 is 1.17 bits per heavy atom. The van der Waals surface area contributed by atoms with Crippen LogP contribution in [0.1, 0.15) is 34.6 Å². The molecule has 3 heteroatoms. The Hall–Kier alpha value is -2.55. The van der Waals surface area contributed by atoms with Gasteiger partial charge in [-0.1, -0.05) is 36.4 Å². The van der Waals surface area contributed by atoms with Crippen molar-refractivity contribution < 1.29 is 9.53 Å². The maximum atomic E-state index is 11.5. The SMILES string of the molecule is COc1ccc(C2CNC(=O)C2)cc1C1=Cc2ccccc2C1. The lowest BCUT2D eigenvalue weighted by molar-refractivity contribution is -0.119. The molecule has 1 fully saturated rings. The number of carbonyl (C=O) groups excluding carboxylic acids is 1. The first-order valence-electron chi connectivity index (χ1n) is 7.98. The third-order valence-electron chi connectivity index (χ3n) is 4.78. The Morgan fingerprint density at radius 3 is 2.78 bits per heavy atom. The lowest BCUT2D eigenvalue weighted by atomic mass is 9.93. The summed E-state index contributed by atoms with van der Waals surface area (Å²) in [5, 5.41) is 2.92. The number of hydrogen-bond acceptors (Lipinski definition) is 2. The van der Waals surface area contributed by atoms with Crippen molar-refractivity contribution in [3.8, 4) is 5.75 Å². The predicted molar refractivity (Wildman–Crippen MR) is 91.4 cm³/mol. The minimum absolute atomic E-state index is 0.139. The van der Waals surface area contributed by atoms with Crippen molar-refractivity contribution in [1.29, 1.82) is 0 Å². The van der Waals surface area contributed by atoms with E-state index in [0.29, 0.717) is 6.42 Å². The molecule has 4 rings (SSSR count). The van der Waals surface area contributed by atoms with Crippen LogP contribution in [0, 0.1) is 0 Å². The van der Waals surface area contributed by atoms with Gasteiger partial charge in [-0.15, -0.1) is 0 Å². The lowest BCUT2D eigenvalue weighted by Crippen LogP contribution is -2.13. The summed E-state index contributed by atoms with van der Waals surface area (Å²) in [5.74, 6) is 1.29. The molecule has 2 aromatic carbocycles. The van der Waals surface area contributed by atoms with Crippen molar-refractivity contribution in [3.63, 3.8) is 0 Å². The van der Waals surface area contributed by atoms with Crippen LogP contribution in [-0.4, -0.2) is 19.6 Å². The van der Waals surface area contributed by atoms with Gasteiger partial charge in [-0.2, -0.15) is 0 Å². The van der Waals surface area contributed by atoms with Crippen LogP contribution in [0.5, 0.6) is 5.75 Å². The van der Waals surface area contributed by atoms with Gasteiger partial charge in [-0.05, 0) is 40.8 Å². The van der Waals surface area contributed by atoms with Crippen molar-refractivity contribution in [3.05, 3.63) is 64.7 Å². The molecular formula is C20H19NO2. The van der Waals surface area contributed by atoms with Gasteiger partial charge in [0.05, 0.1) is 7.11 Å². The van der Waals surface area contributed by atoms with Gasteiger partial charge < -0.3 is 10.1 Å². The number of fused-ring (bicyclic) bond motifs is 1. The number of hydrogen-bond donors (Lipinski definition) is 1. The predicted octanol–water partition coefficient (Wildman–Crippen LogP) is 3.40. The maximum Gasteiger partial charge on any atom is 0.220 e. The minimum Gasteiger partial charge on any atom is -0.496 e. The summed E-state index contributed by atoms with van der Waals surface area (Å²) in [6, 6.07) is 14.8. The second-order valence-corrected chi connectivity index (χ2v) is 6.21. The fourth-order valence-corrected chi connectivity index (χ4v) is 3.52. The maximum absolute atomic E-state index is 11.5. The Balaban J connectivity index is 1.72. The van der Waals surface area contributed by atoms with Gasteiger partial charge in [-0.3, -0.25) is 4.79 Å². The molecule has 1 unspecified atom stereocenters. The normalized spacial score (nSPS) is 19.3. The summed E-state index contributed by atoms with van der Waals surface area (Å²) >= 11 is 0. The third-order valence-corrected chi connectivity index (χ3v) is 4.78. The minimum atomic E-state index is 0.139. The first-order chi connectivity index (χ1) is 11.2. The summed E-state index contributed by atoms with van der Waals surface area (Å²) < 4.78 is 5.57. The van der Waals surface area contributed by atoms with E-state index in [1.165, 1.54) is 22.3 Å². The molecule has 23 heavy (non-hydrogen) atoms. The molecule has 0 saturated carbocycles. The Morgan fingerprint density at radius 2 is 2.04 bits per heavy atom. The highest BCUT2D eigenvalue weighted by atomic mass is 16.5. The van der Waals surface area contributed by atoms with Crippen LogP contribution in [0.15, 0.2) is 42.5 Å². The zero-order valence-electron chi connectivity index (χ0n) is 13.1. The van der Waals surface area contributed by atoms with E-state index in [9.17, 15) is 4.79 Å². The molecule has 1 amide bonds. The van der Waals surface area contributed by atoms with Crippen LogP contribution in [0.3, 0.4) is 0 Å². The molecule has 0 aromatic heterocycles. The van der Waals surface area contributed by atoms with E-state index in [1.807, 2.05) is 6.07 Å². The van der Waals surface area contributed by atoms with E-state index in [4.69, 9.17) is 4.74 Å². The average Bonchev–Trinajstić information content (AvgIpc) is 3.20. The zero-order chi connectivity index (χ0) is 15.8. The zero-order valence-corrected chi connectivity index (χ0v) is 13.1. The standard InChI is InChI=1S/C20H19NO2/c1-23-19-7-6-15(17-11-20(22)21-12-17)10-18(19)16-8-13-4-2-3-5-14(13)9-16/h2-8,10,17H,9,11-12H2,1H3,(H,21,22). The van der Waals surface area contributed by atoms with Crippen LogP contribution in [0.25, 0.3) is 11.6 Å². The molecule has 2 aromatic rings. The summed E-state index contributed by atoms with van der Waals surface area (Å²) in [7, 11) is 1.71. The van der Waals surface area contributed by atoms with Crippen molar-refractivity contribution in [2.45, 2.75) is 18.8 Å². The van der Waals surface area contributed by atoms with Gasteiger partial charge >= 0.3 is 0 Å². The molecule has 1 saturated heterocycles. The molecule has 2 aliphatic rings. The monoisotopic (exact) mass is 305 g/mol. The van der Waals surface area contributed by atoms with E-state index >= 15 is 0 Å². The number of methoxy groups -OCH3 is 1. The molecule has 1 heterocycles. The highest BCUT2D eigenvalue weighted by Gasteiger charge is 2.25. The van der Waals surface area contributed by atoms with E-state index in [2.05, 4.69) is 47.8 Å². The van der Waals surface area contributed by atoms with Crippen molar-refractivity contribution in [2.75, 3.05) is 13.7 Å². The Kier molecular flexibility index (Phi) is 3.41. The largest absolute Gasteiger partial charge is 0.496 e. The summed E-state index contributed by atoms with van der Waals surface area (Å²) in [6.07, 6.45) is 3.75. The highest BCUT2D eigenvalue weighted by Crippen LogP contribution is 2.38. The summed E-state index contributed by atoms with van der Waals surface area (Å²) in [5.41, 5.74) is 6.26. The van der Waals surface area contributed by atoms with Crippen LogP contribution in [0.2, 0.25) is 0 Å². The molecule has 116 valence electrons. The molecule has 1 aliphatic carbocycles. The highest BCUT2D eigenvalue weighted by molar-refractivity contribution is 5.90. The summed E-state index contributed by atoms with van der Waals surface area (Å²) in [6.45, 7) is 0.726. The van der Waals surface area contributed by atoms with Crippen LogP contribution >= 0.6 is 0 Å². The quantitative estimate of drug-likeness (QED) is 0.944. The number of allylic oxidation sites excluding steroid dienone is 1.